The van der Waals surface area contributed by atoms with Crippen molar-refractivity contribution in [1.82, 2.24) is 15.0 Å². The van der Waals surface area contributed by atoms with E-state index in [1.165, 1.54) is 44.1 Å². The maximum absolute atomic E-state index is 5.51. The molecule has 0 radical (unpaired) electrons. The zero-order valence-electron chi connectivity index (χ0n) is 14.3. The van der Waals surface area contributed by atoms with E-state index >= 15 is 0 Å². The van der Waals surface area contributed by atoms with Gasteiger partial charge in [-0.2, -0.15) is 4.98 Å². The summed E-state index contributed by atoms with van der Waals surface area (Å²) >= 11 is 0. The van der Waals surface area contributed by atoms with Crippen LogP contribution in [-0.4, -0.2) is 28.7 Å². The third-order valence-electron chi connectivity index (χ3n) is 5.13. The van der Waals surface area contributed by atoms with E-state index < -0.39 is 0 Å². The lowest BCUT2D eigenvalue weighted by Crippen LogP contribution is -2.28. The van der Waals surface area contributed by atoms with Crippen molar-refractivity contribution >= 4 is 0 Å². The number of hydrogen-bond donors (Lipinski definition) is 0. The Hall–Kier alpha value is -1.88. The third-order valence-corrected chi connectivity index (χ3v) is 5.13. The highest BCUT2D eigenvalue weighted by Crippen LogP contribution is 2.38. The van der Waals surface area contributed by atoms with Crippen LogP contribution < -0.4 is 4.74 Å². The van der Waals surface area contributed by atoms with Gasteiger partial charge in [0.1, 0.15) is 5.75 Å². The predicted octanol–water partition coefficient (Wildman–Crippen LogP) is 4.07. The molecule has 1 saturated heterocycles. The zero-order chi connectivity index (χ0) is 16.4. The van der Waals surface area contributed by atoms with Gasteiger partial charge in [-0.15, -0.1) is 0 Å². The minimum Gasteiger partial charge on any atom is -0.497 e. The summed E-state index contributed by atoms with van der Waals surface area (Å²) in [5.41, 5.74) is 1.35. The van der Waals surface area contributed by atoms with Crippen LogP contribution in [0.25, 0.3) is 0 Å². The normalized spacial score (nSPS) is 22.3. The molecule has 2 aromatic rings. The predicted molar refractivity (Wildman–Crippen MR) is 90.9 cm³/mol. The van der Waals surface area contributed by atoms with Crippen LogP contribution in [-0.2, 0) is 6.54 Å². The van der Waals surface area contributed by atoms with Crippen LogP contribution in [0.15, 0.2) is 28.8 Å². The molecule has 1 aromatic heterocycles. The molecule has 0 spiro atoms. The Morgan fingerprint density at radius 2 is 1.96 bits per heavy atom. The Kier molecular flexibility index (Phi) is 4.52. The van der Waals surface area contributed by atoms with Crippen LogP contribution in [0.3, 0.4) is 0 Å². The molecule has 1 saturated carbocycles. The van der Waals surface area contributed by atoms with Gasteiger partial charge in [-0.3, -0.25) is 4.90 Å². The van der Waals surface area contributed by atoms with E-state index in [0.717, 1.165) is 30.6 Å². The number of hydrogen-bond acceptors (Lipinski definition) is 5. The standard InChI is InChI=1S/C19H25N3O2/c1-23-16-10-8-14(9-11-16)17-5-3-2-4-12-22(17)13-18-20-19(21-24-18)15-6-7-15/h8-11,15,17H,2-7,12-13H2,1H3/t17-/m0/s1. The van der Waals surface area contributed by atoms with Crippen molar-refractivity contribution in [2.45, 2.75) is 57.0 Å². The Bertz CT molecular complexity index is 664. The maximum Gasteiger partial charge on any atom is 0.240 e. The lowest BCUT2D eigenvalue weighted by atomic mass is 10.0. The van der Waals surface area contributed by atoms with Crippen molar-refractivity contribution < 1.29 is 9.26 Å². The van der Waals surface area contributed by atoms with Gasteiger partial charge in [-0.25, -0.2) is 0 Å². The van der Waals surface area contributed by atoms with Crippen molar-refractivity contribution in [3.8, 4) is 5.75 Å². The van der Waals surface area contributed by atoms with Gasteiger partial charge in [0.15, 0.2) is 5.82 Å². The quantitative estimate of drug-likeness (QED) is 0.828. The van der Waals surface area contributed by atoms with E-state index in [-0.39, 0.29) is 0 Å². The van der Waals surface area contributed by atoms with Gasteiger partial charge in [-0.1, -0.05) is 30.1 Å². The summed E-state index contributed by atoms with van der Waals surface area (Å²) < 4.78 is 10.8. The first-order chi connectivity index (χ1) is 11.8. The van der Waals surface area contributed by atoms with Crippen LogP contribution in [0.4, 0.5) is 0 Å². The molecule has 0 N–H and O–H groups in total. The van der Waals surface area contributed by atoms with Crippen molar-refractivity contribution in [3.05, 3.63) is 41.5 Å². The number of ether oxygens (including phenoxy) is 1. The summed E-state index contributed by atoms with van der Waals surface area (Å²) in [7, 11) is 1.71. The first-order valence-electron chi connectivity index (χ1n) is 9.04. The van der Waals surface area contributed by atoms with Gasteiger partial charge in [-0.05, 0) is 49.9 Å². The monoisotopic (exact) mass is 327 g/mol. The molecule has 1 aromatic carbocycles. The van der Waals surface area contributed by atoms with Crippen LogP contribution in [0.1, 0.15) is 67.8 Å². The second kappa shape index (κ2) is 6.93. The van der Waals surface area contributed by atoms with E-state index in [4.69, 9.17) is 9.26 Å². The van der Waals surface area contributed by atoms with Crippen molar-refractivity contribution in [3.63, 3.8) is 0 Å². The molecule has 5 heteroatoms. The number of nitrogens with zero attached hydrogens (tertiary/aromatic N) is 3. The summed E-state index contributed by atoms with van der Waals surface area (Å²) in [6.07, 6.45) is 7.38. The largest absolute Gasteiger partial charge is 0.497 e. The molecular weight excluding hydrogens is 302 g/mol. The third kappa shape index (κ3) is 3.46. The highest BCUT2D eigenvalue weighted by Gasteiger charge is 2.30. The number of methoxy groups -OCH3 is 1. The Morgan fingerprint density at radius 3 is 2.71 bits per heavy atom. The van der Waals surface area contributed by atoms with Crippen LogP contribution in [0.5, 0.6) is 5.75 Å². The summed E-state index contributed by atoms with van der Waals surface area (Å²) in [5, 5.41) is 4.16. The first-order valence-corrected chi connectivity index (χ1v) is 9.04. The van der Waals surface area contributed by atoms with Gasteiger partial charge in [0.05, 0.1) is 13.7 Å². The molecule has 0 amide bonds. The zero-order valence-corrected chi connectivity index (χ0v) is 14.3. The molecule has 0 bridgehead atoms. The fraction of sp³-hybridized carbons (Fsp3) is 0.579. The number of likely N-dealkylation sites (tertiary alicyclic amines) is 1. The van der Waals surface area contributed by atoms with E-state index in [1.54, 1.807) is 7.11 Å². The van der Waals surface area contributed by atoms with Crippen molar-refractivity contribution in [1.29, 1.82) is 0 Å². The molecular formula is C19H25N3O2. The lowest BCUT2D eigenvalue weighted by molar-refractivity contribution is 0.168. The topological polar surface area (TPSA) is 51.4 Å². The smallest absolute Gasteiger partial charge is 0.240 e. The molecule has 24 heavy (non-hydrogen) atoms. The van der Waals surface area contributed by atoms with Crippen molar-refractivity contribution in [2.24, 2.45) is 0 Å². The van der Waals surface area contributed by atoms with Crippen LogP contribution in [0.2, 0.25) is 0 Å². The molecule has 2 heterocycles. The molecule has 0 unspecified atom stereocenters. The summed E-state index contributed by atoms with van der Waals surface area (Å²) in [5.74, 6) is 3.12. The second-order valence-corrected chi connectivity index (χ2v) is 6.93. The summed E-state index contributed by atoms with van der Waals surface area (Å²) in [6.45, 7) is 1.83. The number of rotatable bonds is 5. The molecule has 4 rings (SSSR count). The number of aromatic nitrogens is 2. The van der Waals surface area contributed by atoms with E-state index in [9.17, 15) is 0 Å². The molecule has 1 aliphatic carbocycles. The highest BCUT2D eigenvalue weighted by atomic mass is 16.5. The number of benzene rings is 1. The minimum atomic E-state index is 0.412. The Morgan fingerprint density at radius 1 is 1.12 bits per heavy atom. The van der Waals surface area contributed by atoms with Gasteiger partial charge >= 0.3 is 0 Å². The lowest BCUT2D eigenvalue weighted by Gasteiger charge is -2.29. The van der Waals surface area contributed by atoms with Gasteiger partial charge in [0.2, 0.25) is 5.89 Å². The van der Waals surface area contributed by atoms with Gasteiger partial charge in [0.25, 0.3) is 0 Å². The van der Waals surface area contributed by atoms with Gasteiger partial charge in [0, 0.05) is 12.0 Å². The molecule has 2 fully saturated rings. The van der Waals surface area contributed by atoms with Crippen LogP contribution >= 0.6 is 0 Å². The van der Waals surface area contributed by atoms with E-state index in [1.807, 2.05) is 0 Å². The first kappa shape index (κ1) is 15.6. The maximum atomic E-state index is 5.51. The summed E-state index contributed by atoms with van der Waals surface area (Å²) in [4.78, 5) is 7.11. The average Bonchev–Trinajstić information content (AvgIpc) is 3.40. The SMILES string of the molecule is COc1ccc([C@@H]2CCCCCN2Cc2nc(C3CC3)no2)cc1. The Balaban J connectivity index is 1.52. The molecule has 5 nitrogen and oxygen atoms in total. The van der Waals surface area contributed by atoms with E-state index in [2.05, 4.69) is 39.3 Å². The van der Waals surface area contributed by atoms with Crippen molar-refractivity contribution in [2.75, 3.05) is 13.7 Å². The van der Waals surface area contributed by atoms with E-state index in [0.29, 0.717) is 12.0 Å². The van der Waals surface area contributed by atoms with Crippen LogP contribution in [0, 0.1) is 0 Å². The molecule has 1 atom stereocenters. The average molecular weight is 327 g/mol. The fourth-order valence-electron chi connectivity index (χ4n) is 3.57. The highest BCUT2D eigenvalue weighted by molar-refractivity contribution is 5.29. The van der Waals surface area contributed by atoms with Gasteiger partial charge < -0.3 is 9.26 Å². The minimum absolute atomic E-state index is 0.412. The molecule has 1 aliphatic heterocycles. The fourth-order valence-corrected chi connectivity index (χ4v) is 3.57. The molecule has 128 valence electrons. The second-order valence-electron chi connectivity index (χ2n) is 6.93. The Labute approximate surface area is 143 Å². The summed E-state index contributed by atoms with van der Waals surface area (Å²) in [6, 6.07) is 8.89. The molecule has 2 aliphatic rings.